The summed E-state index contributed by atoms with van der Waals surface area (Å²) in [7, 11) is -4.33. The number of phenols is 2. The van der Waals surface area contributed by atoms with Crippen molar-refractivity contribution in [3.63, 3.8) is 0 Å². The van der Waals surface area contributed by atoms with E-state index in [0.717, 1.165) is 12.1 Å². The first-order valence-corrected chi connectivity index (χ1v) is 8.65. The molecule has 0 aliphatic carbocycles. The Hall–Kier alpha value is -3.57. The summed E-state index contributed by atoms with van der Waals surface area (Å²) in [6.45, 7) is 0. The molecule has 11 heteroatoms. The minimum atomic E-state index is -4.33. The van der Waals surface area contributed by atoms with Crippen molar-refractivity contribution in [2.45, 2.75) is 4.90 Å². The molecule has 0 aliphatic heterocycles. The highest BCUT2D eigenvalue weighted by Gasteiger charge is 2.13. The lowest BCUT2D eigenvalue weighted by Gasteiger charge is -2.04. The van der Waals surface area contributed by atoms with E-state index < -0.39 is 15.0 Å². The Morgan fingerprint density at radius 1 is 0.926 bits per heavy atom. The second-order valence-electron chi connectivity index (χ2n) is 5.40. The van der Waals surface area contributed by atoms with Crippen molar-refractivity contribution in [1.29, 1.82) is 0 Å². The van der Waals surface area contributed by atoms with Gasteiger partial charge in [0.1, 0.15) is 11.5 Å². The van der Waals surface area contributed by atoms with E-state index >= 15 is 0 Å². The Bertz CT molecular complexity index is 1130. The molecule has 0 saturated carbocycles. The molecule has 0 spiro atoms. The molecule has 0 radical (unpaired) electrons. The van der Waals surface area contributed by atoms with Gasteiger partial charge in [-0.15, -0.1) is 0 Å². The van der Waals surface area contributed by atoms with Gasteiger partial charge < -0.3 is 21.7 Å². The number of phenolic OH excluding ortho intramolecular Hbond substituents is 2. The number of nitro benzene ring substituents is 1. The number of hydrogen-bond acceptors (Lipinski definition) is 8. The van der Waals surface area contributed by atoms with Crippen LogP contribution in [-0.2, 0) is 10.1 Å². The number of nitrogen functional groups attached to an aromatic ring is 2. The van der Waals surface area contributed by atoms with Gasteiger partial charge in [-0.3, -0.25) is 14.7 Å². The fraction of sp³-hybridized carbons (Fsp3) is 0. The monoisotopic (exact) mass is 393 g/mol. The van der Waals surface area contributed by atoms with E-state index in [0.29, 0.717) is 16.5 Å². The number of hydrogen-bond donors (Lipinski definition) is 5. The molecule has 0 heterocycles. The molecule has 3 aromatic carbocycles. The van der Waals surface area contributed by atoms with Crippen molar-refractivity contribution in [2.75, 3.05) is 11.5 Å². The molecule has 0 saturated heterocycles. The van der Waals surface area contributed by atoms with E-state index in [1.54, 1.807) is 12.1 Å². The smallest absolute Gasteiger partial charge is 0.294 e. The molecule has 3 aromatic rings. The third-order valence-corrected chi connectivity index (χ3v) is 4.28. The average Bonchev–Trinajstić information content (AvgIpc) is 2.56. The van der Waals surface area contributed by atoms with Crippen LogP contribution in [0.5, 0.6) is 11.5 Å². The van der Waals surface area contributed by atoms with E-state index in [1.165, 1.54) is 24.3 Å². The zero-order valence-corrected chi connectivity index (χ0v) is 14.4. The van der Waals surface area contributed by atoms with Gasteiger partial charge in [0.15, 0.2) is 0 Å². The maximum atomic E-state index is 10.9. The summed E-state index contributed by atoms with van der Waals surface area (Å²) >= 11 is 0. The van der Waals surface area contributed by atoms with Gasteiger partial charge in [-0.25, -0.2) is 0 Å². The van der Waals surface area contributed by atoms with Gasteiger partial charge in [-0.2, -0.15) is 8.42 Å². The second-order valence-corrected chi connectivity index (χ2v) is 6.82. The van der Waals surface area contributed by atoms with Crippen LogP contribution in [0.2, 0.25) is 0 Å². The predicted molar refractivity (Wildman–Crippen MR) is 99.0 cm³/mol. The van der Waals surface area contributed by atoms with Crippen molar-refractivity contribution in [2.24, 2.45) is 0 Å². The number of nitro groups is 1. The Balaban J connectivity index is 0.000000208. The third-order valence-electron chi connectivity index (χ3n) is 3.45. The van der Waals surface area contributed by atoms with Gasteiger partial charge in [-0.1, -0.05) is 0 Å². The topological polar surface area (TPSA) is 190 Å². The van der Waals surface area contributed by atoms with E-state index in [4.69, 9.17) is 21.1 Å². The van der Waals surface area contributed by atoms with Crippen LogP contribution in [0.4, 0.5) is 17.1 Å². The Morgan fingerprint density at radius 3 is 2.15 bits per heavy atom. The Labute approximate surface area is 153 Å². The molecule has 142 valence electrons. The predicted octanol–water partition coefficient (Wildman–Crippen LogP) is 2.26. The lowest BCUT2D eigenvalue weighted by molar-refractivity contribution is -0.384. The first kappa shape index (κ1) is 19.8. The zero-order chi connectivity index (χ0) is 20.4. The number of anilines is 2. The van der Waals surface area contributed by atoms with Gasteiger partial charge in [0.05, 0.1) is 21.6 Å². The lowest BCUT2D eigenvalue weighted by atomic mass is 10.1. The van der Waals surface area contributed by atoms with E-state index in [9.17, 15) is 23.6 Å². The largest absolute Gasteiger partial charge is 0.507 e. The van der Waals surface area contributed by atoms with Gasteiger partial charge >= 0.3 is 0 Å². The molecule has 0 unspecified atom stereocenters. The highest BCUT2D eigenvalue weighted by molar-refractivity contribution is 7.85. The second kappa shape index (κ2) is 7.35. The lowest BCUT2D eigenvalue weighted by Crippen LogP contribution is -1.97. The molecular formula is C16H15N3O7S. The van der Waals surface area contributed by atoms with Gasteiger partial charge in [0.25, 0.3) is 15.8 Å². The van der Waals surface area contributed by atoms with Gasteiger partial charge in [0, 0.05) is 23.2 Å². The van der Waals surface area contributed by atoms with Crippen LogP contribution in [-0.4, -0.2) is 28.1 Å². The molecule has 7 N–H and O–H groups in total. The molecule has 27 heavy (non-hydrogen) atoms. The summed E-state index contributed by atoms with van der Waals surface area (Å²) in [5, 5.41) is 29.6. The highest BCUT2D eigenvalue weighted by Crippen LogP contribution is 2.29. The van der Waals surface area contributed by atoms with Crippen LogP contribution < -0.4 is 11.5 Å². The number of rotatable bonds is 2. The number of non-ortho nitro benzene ring substituents is 1. The van der Waals surface area contributed by atoms with Crippen LogP contribution in [0.15, 0.2) is 53.4 Å². The summed E-state index contributed by atoms with van der Waals surface area (Å²) in [5.41, 5.74) is 11.2. The fourth-order valence-electron chi connectivity index (χ4n) is 2.14. The quantitative estimate of drug-likeness (QED) is 0.143. The van der Waals surface area contributed by atoms with Crippen molar-refractivity contribution < 1.29 is 28.1 Å². The van der Waals surface area contributed by atoms with Crippen LogP contribution in [0.1, 0.15) is 0 Å². The summed E-state index contributed by atoms with van der Waals surface area (Å²) < 4.78 is 30.7. The van der Waals surface area contributed by atoms with Crippen molar-refractivity contribution in [1.82, 2.24) is 0 Å². The van der Waals surface area contributed by atoms with Crippen molar-refractivity contribution in [3.05, 3.63) is 58.6 Å². The summed E-state index contributed by atoms with van der Waals surface area (Å²) in [5.74, 6) is -0.482. The molecule has 0 bridgehead atoms. The van der Waals surface area contributed by atoms with Crippen LogP contribution in [0.3, 0.4) is 0 Å². The molecule has 0 amide bonds. The van der Waals surface area contributed by atoms with Crippen molar-refractivity contribution >= 4 is 38.0 Å². The maximum Gasteiger partial charge on any atom is 0.294 e. The van der Waals surface area contributed by atoms with Crippen LogP contribution in [0, 0.1) is 10.1 Å². The van der Waals surface area contributed by atoms with E-state index in [-0.39, 0.29) is 27.8 Å². The molecular weight excluding hydrogens is 378 g/mol. The summed E-state index contributed by atoms with van der Waals surface area (Å²) in [4.78, 5) is 9.16. The maximum absolute atomic E-state index is 10.9. The number of nitrogens with two attached hydrogens (primary N) is 2. The normalized spacial score (nSPS) is 10.9. The van der Waals surface area contributed by atoms with Crippen LogP contribution >= 0.6 is 0 Å². The number of nitrogens with zero attached hydrogens (tertiary/aromatic N) is 1. The van der Waals surface area contributed by atoms with Crippen molar-refractivity contribution in [3.8, 4) is 11.5 Å². The first-order valence-electron chi connectivity index (χ1n) is 7.21. The average molecular weight is 393 g/mol. The Morgan fingerprint density at radius 2 is 1.59 bits per heavy atom. The summed E-state index contributed by atoms with van der Waals surface area (Å²) in [6, 6.07) is 10.5. The van der Waals surface area contributed by atoms with Crippen LogP contribution in [0.25, 0.3) is 10.8 Å². The Kier molecular flexibility index (Phi) is 5.38. The fourth-order valence-corrected chi connectivity index (χ4v) is 2.67. The molecule has 0 atom stereocenters. The molecule has 0 aliphatic rings. The van der Waals surface area contributed by atoms with E-state index in [1.807, 2.05) is 0 Å². The third kappa shape index (κ3) is 4.74. The highest BCUT2D eigenvalue weighted by atomic mass is 32.2. The number of fused-ring (bicyclic) bond motifs is 1. The standard InChI is InChI=1S/C10H9NO4S.C6H6N2O3/c11-7-1-2-9-6(3-7)4-8(5-10(9)12)16(13,14)15;7-5-2-1-4(8(10)11)3-6(5)9/h1-5,12H,11H2,(H,13,14,15);1-3,9H,7H2. The molecule has 3 rings (SSSR count). The molecule has 0 fully saturated rings. The molecule has 10 nitrogen and oxygen atoms in total. The SMILES string of the molecule is Nc1ccc([N+](=O)[O-])cc1O.Nc1ccc2c(O)cc(S(=O)(=O)O)cc2c1. The summed E-state index contributed by atoms with van der Waals surface area (Å²) in [6.07, 6.45) is 0. The molecule has 0 aromatic heterocycles. The van der Waals surface area contributed by atoms with Gasteiger partial charge in [-0.05, 0) is 35.7 Å². The minimum absolute atomic E-state index is 0.135. The van der Waals surface area contributed by atoms with E-state index in [2.05, 4.69) is 0 Å². The zero-order valence-electron chi connectivity index (χ0n) is 13.6. The number of aromatic hydroxyl groups is 2. The minimum Gasteiger partial charge on any atom is -0.507 e. The number of benzene rings is 3. The first-order chi connectivity index (χ1) is 12.5. The van der Waals surface area contributed by atoms with Gasteiger partial charge in [0.2, 0.25) is 0 Å².